The van der Waals surface area contributed by atoms with Crippen LogP contribution < -0.4 is 29.7 Å². The van der Waals surface area contributed by atoms with E-state index in [-0.39, 0.29) is 30.0 Å². The smallest absolute Gasteiger partial charge is 0.191 e. The van der Waals surface area contributed by atoms with Gasteiger partial charge in [-0.05, 0) is 43.5 Å². The van der Waals surface area contributed by atoms with Gasteiger partial charge in [0, 0.05) is 44.0 Å². The molecular formula is C24H35IN4O3. The lowest BCUT2D eigenvalue weighted by Gasteiger charge is -2.22. The van der Waals surface area contributed by atoms with Gasteiger partial charge in [0.2, 0.25) is 0 Å². The number of aliphatic imine (C=N–C) groups is 1. The molecule has 2 aromatic carbocycles. The number of hydrogen-bond acceptors (Lipinski definition) is 5. The number of ether oxygens (including phenoxy) is 3. The van der Waals surface area contributed by atoms with Gasteiger partial charge in [0.25, 0.3) is 0 Å². The first-order chi connectivity index (χ1) is 15.1. The van der Waals surface area contributed by atoms with Crippen molar-refractivity contribution in [2.75, 3.05) is 46.4 Å². The molecule has 8 heteroatoms. The van der Waals surface area contributed by atoms with E-state index in [0.29, 0.717) is 18.0 Å². The van der Waals surface area contributed by atoms with Crippen molar-refractivity contribution in [1.29, 1.82) is 0 Å². The molecule has 1 saturated heterocycles. The molecule has 1 unspecified atom stereocenters. The monoisotopic (exact) mass is 554 g/mol. The lowest BCUT2D eigenvalue weighted by Crippen LogP contribution is -2.38. The summed E-state index contributed by atoms with van der Waals surface area (Å²) in [4.78, 5) is 6.84. The van der Waals surface area contributed by atoms with Gasteiger partial charge in [0.15, 0.2) is 17.5 Å². The first-order valence-electron chi connectivity index (χ1n) is 10.7. The third-order valence-electron chi connectivity index (χ3n) is 5.65. The normalized spacial score (nSPS) is 14.4. The van der Waals surface area contributed by atoms with Crippen molar-refractivity contribution in [2.24, 2.45) is 4.99 Å². The molecule has 0 aromatic heterocycles. The number of anilines is 1. The van der Waals surface area contributed by atoms with Gasteiger partial charge in [0.1, 0.15) is 5.75 Å². The van der Waals surface area contributed by atoms with E-state index in [1.807, 2.05) is 12.1 Å². The summed E-state index contributed by atoms with van der Waals surface area (Å²) in [6, 6.07) is 12.6. The maximum absolute atomic E-state index is 5.53. The summed E-state index contributed by atoms with van der Waals surface area (Å²) in [7, 11) is 6.66. The zero-order valence-corrected chi connectivity index (χ0v) is 21.9. The maximum atomic E-state index is 5.53. The number of nitrogens with one attached hydrogen (secondary N) is 2. The first kappa shape index (κ1) is 25.9. The zero-order chi connectivity index (χ0) is 22.2. The molecule has 1 aliphatic rings. The first-order valence-corrected chi connectivity index (χ1v) is 10.7. The Morgan fingerprint density at radius 3 is 2.28 bits per heavy atom. The Morgan fingerprint density at radius 2 is 1.66 bits per heavy atom. The van der Waals surface area contributed by atoms with Crippen LogP contribution >= 0.6 is 24.0 Å². The molecule has 2 N–H and O–H groups in total. The molecule has 0 radical (unpaired) electrons. The minimum atomic E-state index is 0. The Hall–Kier alpha value is -2.36. The highest BCUT2D eigenvalue weighted by molar-refractivity contribution is 14.0. The van der Waals surface area contributed by atoms with Crippen molar-refractivity contribution in [1.82, 2.24) is 10.6 Å². The van der Waals surface area contributed by atoms with Gasteiger partial charge < -0.3 is 29.7 Å². The number of methoxy groups -OCH3 is 3. The Kier molecular flexibility index (Phi) is 10.2. The number of benzene rings is 2. The molecule has 0 saturated carbocycles. The third-order valence-corrected chi connectivity index (χ3v) is 5.65. The van der Waals surface area contributed by atoms with Crippen LogP contribution in [0.4, 0.5) is 5.69 Å². The van der Waals surface area contributed by atoms with E-state index in [4.69, 9.17) is 14.2 Å². The van der Waals surface area contributed by atoms with Crippen LogP contribution in [0, 0.1) is 0 Å². The van der Waals surface area contributed by atoms with Crippen LogP contribution in [-0.2, 0) is 6.54 Å². The second kappa shape index (κ2) is 12.6. The topological polar surface area (TPSA) is 67.4 Å². The quantitative estimate of drug-likeness (QED) is 0.287. The summed E-state index contributed by atoms with van der Waals surface area (Å²) in [6.45, 7) is 4.96. The van der Waals surface area contributed by atoms with Crippen molar-refractivity contribution in [2.45, 2.75) is 32.4 Å². The van der Waals surface area contributed by atoms with E-state index >= 15 is 0 Å². The molecule has 0 amide bonds. The minimum Gasteiger partial charge on any atom is -0.496 e. The van der Waals surface area contributed by atoms with Crippen molar-refractivity contribution < 1.29 is 14.2 Å². The molecule has 2 aromatic rings. The lowest BCUT2D eigenvalue weighted by atomic mass is 10.1. The molecule has 1 fully saturated rings. The fraction of sp³-hybridized carbons (Fsp3) is 0.458. The van der Waals surface area contributed by atoms with Crippen LogP contribution in [0.1, 0.15) is 36.9 Å². The third kappa shape index (κ3) is 6.34. The fourth-order valence-electron chi connectivity index (χ4n) is 3.86. The Morgan fingerprint density at radius 1 is 1.00 bits per heavy atom. The van der Waals surface area contributed by atoms with Crippen LogP contribution in [0.5, 0.6) is 17.2 Å². The summed E-state index contributed by atoms with van der Waals surface area (Å²) in [5.74, 6) is 2.75. The van der Waals surface area contributed by atoms with Gasteiger partial charge in [-0.15, -0.1) is 24.0 Å². The van der Waals surface area contributed by atoms with Crippen LogP contribution in [0.2, 0.25) is 0 Å². The van der Waals surface area contributed by atoms with E-state index in [0.717, 1.165) is 30.4 Å². The standard InChI is InChI=1S/C24H34N4O3.HI/c1-17(18-9-8-10-20(13-18)28-11-6-7-12-28)27-24(25-2)26-16-19-14-22(30-4)23(31-5)15-21(19)29-3;/h8-10,13-15,17H,6-7,11-12,16H2,1-5H3,(H2,25,26,27);1H. The number of rotatable bonds is 8. The Balaban J connectivity index is 0.00000363. The second-order valence-electron chi connectivity index (χ2n) is 7.60. The predicted octanol–water partition coefficient (Wildman–Crippen LogP) is 4.36. The van der Waals surface area contributed by atoms with E-state index < -0.39 is 0 Å². The average molecular weight is 554 g/mol. The molecule has 1 aliphatic heterocycles. The minimum absolute atomic E-state index is 0. The molecular weight excluding hydrogens is 519 g/mol. The summed E-state index contributed by atoms with van der Waals surface area (Å²) in [5.41, 5.74) is 3.48. The van der Waals surface area contributed by atoms with Gasteiger partial charge >= 0.3 is 0 Å². The highest BCUT2D eigenvalue weighted by atomic mass is 127. The number of guanidine groups is 1. The van der Waals surface area contributed by atoms with E-state index in [2.05, 4.69) is 51.7 Å². The van der Waals surface area contributed by atoms with E-state index in [9.17, 15) is 0 Å². The largest absolute Gasteiger partial charge is 0.496 e. The lowest BCUT2D eigenvalue weighted by molar-refractivity contribution is 0.347. The molecule has 32 heavy (non-hydrogen) atoms. The molecule has 1 heterocycles. The molecule has 0 spiro atoms. The van der Waals surface area contributed by atoms with Crippen LogP contribution in [0.15, 0.2) is 41.4 Å². The van der Waals surface area contributed by atoms with E-state index in [1.54, 1.807) is 28.4 Å². The molecule has 176 valence electrons. The number of halogens is 1. The average Bonchev–Trinajstić information content (AvgIpc) is 3.36. The van der Waals surface area contributed by atoms with Crippen molar-refractivity contribution >= 4 is 35.6 Å². The van der Waals surface area contributed by atoms with Crippen molar-refractivity contribution in [3.8, 4) is 17.2 Å². The Bertz CT molecular complexity index is 901. The van der Waals surface area contributed by atoms with Gasteiger partial charge in [-0.3, -0.25) is 4.99 Å². The van der Waals surface area contributed by atoms with Crippen LogP contribution in [0.25, 0.3) is 0 Å². The summed E-state index contributed by atoms with van der Waals surface area (Å²) < 4.78 is 16.3. The molecule has 0 bridgehead atoms. The van der Waals surface area contributed by atoms with Crippen molar-refractivity contribution in [3.05, 3.63) is 47.5 Å². The fourth-order valence-corrected chi connectivity index (χ4v) is 3.86. The molecule has 0 aliphatic carbocycles. The molecule has 7 nitrogen and oxygen atoms in total. The molecule has 3 rings (SSSR count). The van der Waals surface area contributed by atoms with Gasteiger partial charge in [0.05, 0.1) is 27.4 Å². The summed E-state index contributed by atoms with van der Waals surface area (Å²) in [6.07, 6.45) is 2.54. The SMILES string of the molecule is CN=C(NCc1cc(OC)c(OC)cc1OC)NC(C)c1cccc(N2CCCC2)c1.I. The van der Waals surface area contributed by atoms with Gasteiger partial charge in [-0.25, -0.2) is 0 Å². The highest BCUT2D eigenvalue weighted by Crippen LogP contribution is 2.34. The van der Waals surface area contributed by atoms with Crippen molar-refractivity contribution in [3.63, 3.8) is 0 Å². The van der Waals surface area contributed by atoms with Crippen LogP contribution in [-0.4, -0.2) is 47.4 Å². The predicted molar refractivity (Wildman–Crippen MR) is 141 cm³/mol. The van der Waals surface area contributed by atoms with E-state index in [1.165, 1.54) is 24.1 Å². The highest BCUT2D eigenvalue weighted by Gasteiger charge is 2.16. The summed E-state index contributed by atoms with van der Waals surface area (Å²) in [5, 5.41) is 6.85. The molecule has 1 atom stereocenters. The maximum Gasteiger partial charge on any atom is 0.191 e. The van der Waals surface area contributed by atoms with Gasteiger partial charge in [-0.2, -0.15) is 0 Å². The van der Waals surface area contributed by atoms with Crippen LogP contribution in [0.3, 0.4) is 0 Å². The number of hydrogen-bond donors (Lipinski definition) is 2. The van der Waals surface area contributed by atoms with Gasteiger partial charge in [-0.1, -0.05) is 12.1 Å². The number of nitrogens with zero attached hydrogens (tertiary/aromatic N) is 2. The summed E-state index contributed by atoms with van der Waals surface area (Å²) >= 11 is 0. The second-order valence-corrected chi connectivity index (χ2v) is 7.60. The zero-order valence-electron chi connectivity index (χ0n) is 19.6. The Labute approximate surface area is 208 Å².